The molecule has 0 fully saturated rings. The van der Waals surface area contributed by atoms with Crippen molar-refractivity contribution in [2.24, 2.45) is 5.10 Å². The van der Waals surface area contributed by atoms with Crippen molar-refractivity contribution in [3.63, 3.8) is 0 Å². The van der Waals surface area contributed by atoms with E-state index in [4.69, 9.17) is 4.74 Å². The number of carbonyl (C=O) groups is 2. The third kappa shape index (κ3) is 4.53. The van der Waals surface area contributed by atoms with Gasteiger partial charge in [-0.05, 0) is 57.9 Å². The maximum atomic E-state index is 11.9. The molecule has 0 atom stereocenters. The van der Waals surface area contributed by atoms with Crippen molar-refractivity contribution >= 4 is 34.0 Å². The van der Waals surface area contributed by atoms with Gasteiger partial charge in [0.25, 0.3) is 5.91 Å². The first-order chi connectivity index (χ1) is 10.6. The molecule has 0 heterocycles. The molecule has 2 aromatic rings. The Morgan fingerprint density at radius 1 is 1.14 bits per heavy atom. The summed E-state index contributed by atoms with van der Waals surface area (Å²) < 4.78 is 5.63. The van der Waals surface area contributed by atoms with E-state index in [9.17, 15) is 9.59 Å². The summed E-state index contributed by atoms with van der Waals surface area (Å²) in [4.78, 5) is 22.7. The average Bonchev–Trinajstić information content (AvgIpc) is 2.49. The van der Waals surface area contributed by atoms with E-state index in [1.165, 1.54) is 13.1 Å². The molecule has 0 radical (unpaired) electrons. The highest BCUT2D eigenvalue weighted by atomic mass is 79.9. The number of hydrazone groups is 1. The molecule has 0 saturated carbocycles. The Labute approximate surface area is 136 Å². The molecular weight excluding hydrogens is 348 g/mol. The number of halogens is 1. The normalized spacial score (nSPS) is 10.5. The lowest BCUT2D eigenvalue weighted by atomic mass is 10.2. The van der Waals surface area contributed by atoms with Gasteiger partial charge in [0, 0.05) is 11.4 Å². The number of nitrogens with one attached hydrogen (secondary N) is 1. The third-order valence-corrected chi connectivity index (χ3v) is 3.33. The Balaban J connectivity index is 1.96. The number of benzene rings is 2. The van der Waals surface area contributed by atoms with Gasteiger partial charge < -0.3 is 4.74 Å². The van der Waals surface area contributed by atoms with Crippen LogP contribution in [0.15, 0.2) is 58.1 Å². The molecule has 0 aliphatic carbocycles. The van der Waals surface area contributed by atoms with E-state index in [1.54, 1.807) is 42.5 Å². The molecular formula is C16H13BrN2O3. The van der Waals surface area contributed by atoms with Gasteiger partial charge in [0.2, 0.25) is 0 Å². The van der Waals surface area contributed by atoms with Crippen LogP contribution in [0.3, 0.4) is 0 Å². The van der Waals surface area contributed by atoms with E-state index in [1.807, 2.05) is 6.07 Å². The molecule has 0 aliphatic rings. The Kier molecular flexibility index (Phi) is 5.43. The Morgan fingerprint density at radius 2 is 1.82 bits per heavy atom. The molecule has 0 bridgehead atoms. The van der Waals surface area contributed by atoms with Crippen molar-refractivity contribution in [3.8, 4) is 5.75 Å². The SMILES string of the molecule is CC(=O)Oc1ccc(C=NNC(=O)c2ccccc2Br)cc1. The van der Waals surface area contributed by atoms with E-state index in [-0.39, 0.29) is 11.9 Å². The van der Waals surface area contributed by atoms with Gasteiger partial charge in [-0.2, -0.15) is 5.10 Å². The first kappa shape index (κ1) is 15.9. The summed E-state index contributed by atoms with van der Waals surface area (Å²) in [6, 6.07) is 13.8. The highest BCUT2D eigenvalue weighted by Gasteiger charge is 2.07. The fourth-order valence-electron chi connectivity index (χ4n) is 1.66. The van der Waals surface area contributed by atoms with Crippen molar-refractivity contribution in [2.75, 3.05) is 0 Å². The van der Waals surface area contributed by atoms with Gasteiger partial charge in [0.15, 0.2) is 0 Å². The molecule has 5 nitrogen and oxygen atoms in total. The van der Waals surface area contributed by atoms with Crippen molar-refractivity contribution in [1.82, 2.24) is 5.43 Å². The van der Waals surface area contributed by atoms with Crippen LogP contribution in [0.5, 0.6) is 5.75 Å². The highest BCUT2D eigenvalue weighted by Crippen LogP contribution is 2.15. The zero-order valence-electron chi connectivity index (χ0n) is 11.7. The maximum Gasteiger partial charge on any atom is 0.308 e. The van der Waals surface area contributed by atoms with Crippen LogP contribution in [0.2, 0.25) is 0 Å². The second kappa shape index (κ2) is 7.51. The topological polar surface area (TPSA) is 67.8 Å². The molecule has 0 saturated heterocycles. The minimum atomic E-state index is -0.373. The number of ether oxygens (including phenoxy) is 1. The molecule has 112 valence electrons. The van der Waals surface area contributed by atoms with E-state index < -0.39 is 0 Å². The molecule has 0 aromatic heterocycles. The van der Waals surface area contributed by atoms with E-state index >= 15 is 0 Å². The number of rotatable bonds is 4. The molecule has 1 N–H and O–H groups in total. The van der Waals surface area contributed by atoms with Gasteiger partial charge in [0.1, 0.15) is 5.75 Å². The summed E-state index contributed by atoms with van der Waals surface area (Å²) in [5, 5.41) is 3.90. The molecule has 2 rings (SSSR count). The zero-order chi connectivity index (χ0) is 15.9. The summed E-state index contributed by atoms with van der Waals surface area (Å²) in [5.41, 5.74) is 3.72. The predicted molar refractivity (Wildman–Crippen MR) is 87.0 cm³/mol. The van der Waals surface area contributed by atoms with Crippen molar-refractivity contribution in [1.29, 1.82) is 0 Å². The minimum absolute atomic E-state index is 0.305. The summed E-state index contributed by atoms with van der Waals surface area (Å²) in [6.45, 7) is 1.34. The third-order valence-electron chi connectivity index (χ3n) is 2.64. The lowest BCUT2D eigenvalue weighted by Crippen LogP contribution is -2.18. The Morgan fingerprint density at radius 3 is 2.45 bits per heavy atom. The fraction of sp³-hybridized carbons (Fsp3) is 0.0625. The largest absolute Gasteiger partial charge is 0.427 e. The lowest BCUT2D eigenvalue weighted by Gasteiger charge is -2.02. The van der Waals surface area contributed by atoms with E-state index in [0.29, 0.717) is 15.8 Å². The van der Waals surface area contributed by atoms with Crippen molar-refractivity contribution in [3.05, 3.63) is 64.1 Å². The van der Waals surface area contributed by atoms with Gasteiger partial charge in [-0.15, -0.1) is 0 Å². The number of hydrogen-bond donors (Lipinski definition) is 1. The van der Waals surface area contributed by atoms with Gasteiger partial charge in [-0.1, -0.05) is 12.1 Å². The first-order valence-electron chi connectivity index (χ1n) is 6.42. The summed E-state index contributed by atoms with van der Waals surface area (Å²) in [5.74, 6) is -0.218. The van der Waals surface area contributed by atoms with Crippen LogP contribution in [0.1, 0.15) is 22.8 Å². The summed E-state index contributed by atoms with van der Waals surface area (Å²) in [6.07, 6.45) is 1.51. The molecule has 1 amide bonds. The predicted octanol–water partition coefficient (Wildman–Crippen LogP) is 3.14. The van der Waals surface area contributed by atoms with Crippen LogP contribution in [0.4, 0.5) is 0 Å². The molecule has 0 unspecified atom stereocenters. The van der Waals surface area contributed by atoms with Crippen LogP contribution >= 0.6 is 15.9 Å². The quantitative estimate of drug-likeness (QED) is 0.394. The minimum Gasteiger partial charge on any atom is -0.427 e. The molecule has 2 aromatic carbocycles. The van der Waals surface area contributed by atoms with Crippen molar-refractivity contribution in [2.45, 2.75) is 6.92 Å². The molecule has 22 heavy (non-hydrogen) atoms. The van der Waals surface area contributed by atoms with Crippen LogP contribution in [0, 0.1) is 0 Å². The van der Waals surface area contributed by atoms with Crippen LogP contribution in [-0.4, -0.2) is 18.1 Å². The average molecular weight is 361 g/mol. The highest BCUT2D eigenvalue weighted by molar-refractivity contribution is 9.10. The molecule has 0 aliphatic heterocycles. The van der Waals surface area contributed by atoms with Crippen LogP contribution in [0.25, 0.3) is 0 Å². The second-order valence-corrected chi connectivity index (χ2v) is 5.20. The Hall–Kier alpha value is -2.47. The van der Waals surface area contributed by atoms with Crippen LogP contribution in [-0.2, 0) is 4.79 Å². The maximum absolute atomic E-state index is 11.9. The summed E-state index contributed by atoms with van der Waals surface area (Å²) in [7, 11) is 0. The lowest BCUT2D eigenvalue weighted by molar-refractivity contribution is -0.131. The number of hydrogen-bond acceptors (Lipinski definition) is 4. The van der Waals surface area contributed by atoms with Gasteiger partial charge in [-0.3, -0.25) is 9.59 Å². The van der Waals surface area contributed by atoms with Crippen molar-refractivity contribution < 1.29 is 14.3 Å². The van der Waals surface area contributed by atoms with Gasteiger partial charge in [0.05, 0.1) is 11.8 Å². The van der Waals surface area contributed by atoms with Crippen LogP contribution < -0.4 is 10.2 Å². The zero-order valence-corrected chi connectivity index (χ0v) is 13.3. The monoisotopic (exact) mass is 360 g/mol. The van der Waals surface area contributed by atoms with E-state index in [0.717, 1.165) is 5.56 Å². The second-order valence-electron chi connectivity index (χ2n) is 4.34. The standard InChI is InChI=1S/C16H13BrN2O3/c1-11(20)22-13-8-6-12(7-9-13)10-18-19-16(21)14-4-2-3-5-15(14)17/h2-10H,1H3,(H,19,21). The number of esters is 1. The molecule has 0 spiro atoms. The Bertz CT molecular complexity index is 712. The van der Waals surface area contributed by atoms with Gasteiger partial charge in [-0.25, -0.2) is 5.43 Å². The fourth-order valence-corrected chi connectivity index (χ4v) is 2.12. The van der Waals surface area contributed by atoms with E-state index in [2.05, 4.69) is 26.5 Å². The molecule has 6 heteroatoms. The number of nitrogens with zero attached hydrogens (tertiary/aromatic N) is 1. The smallest absolute Gasteiger partial charge is 0.308 e. The summed E-state index contributed by atoms with van der Waals surface area (Å²) >= 11 is 3.31. The van der Waals surface area contributed by atoms with Gasteiger partial charge >= 0.3 is 5.97 Å². The first-order valence-corrected chi connectivity index (χ1v) is 7.22. The number of amides is 1. The number of carbonyl (C=O) groups excluding carboxylic acids is 2.